The quantitative estimate of drug-likeness (QED) is 0.742. The Morgan fingerprint density at radius 2 is 2.38 bits per heavy atom. The highest BCUT2D eigenvalue weighted by Crippen LogP contribution is 2.11. The number of hydrogen-bond acceptors (Lipinski definition) is 5. The summed E-state index contributed by atoms with van der Waals surface area (Å²) in [7, 11) is 0. The zero-order chi connectivity index (χ0) is 9.52. The van der Waals surface area contributed by atoms with Gasteiger partial charge in [-0.2, -0.15) is 16.1 Å². The van der Waals surface area contributed by atoms with Gasteiger partial charge in [0.2, 0.25) is 5.13 Å². The Labute approximate surface area is 87.5 Å². The standard InChI is InChI=1S/C8H15N3S2/c1-3-7-10-8(13-11-7)9-5-4-6-12-2/h3-6H2,1-2H3,(H,9,10,11). The van der Waals surface area contributed by atoms with Gasteiger partial charge >= 0.3 is 0 Å². The summed E-state index contributed by atoms with van der Waals surface area (Å²) >= 11 is 3.33. The van der Waals surface area contributed by atoms with Crippen LogP contribution in [0.2, 0.25) is 0 Å². The Morgan fingerprint density at radius 1 is 1.54 bits per heavy atom. The van der Waals surface area contributed by atoms with Crippen molar-refractivity contribution in [1.82, 2.24) is 9.36 Å². The number of hydrogen-bond donors (Lipinski definition) is 1. The molecule has 0 aliphatic carbocycles. The molecule has 1 aromatic rings. The van der Waals surface area contributed by atoms with Crippen molar-refractivity contribution in [1.29, 1.82) is 0 Å². The van der Waals surface area contributed by atoms with Crippen LogP contribution in [0.4, 0.5) is 5.13 Å². The maximum Gasteiger partial charge on any atom is 0.202 e. The molecule has 3 nitrogen and oxygen atoms in total. The fourth-order valence-corrected chi connectivity index (χ4v) is 1.99. The normalized spacial score (nSPS) is 10.3. The van der Waals surface area contributed by atoms with Crippen molar-refractivity contribution in [3.63, 3.8) is 0 Å². The van der Waals surface area contributed by atoms with Crippen molar-refractivity contribution in [3.05, 3.63) is 5.82 Å². The van der Waals surface area contributed by atoms with Gasteiger partial charge in [-0.15, -0.1) is 0 Å². The van der Waals surface area contributed by atoms with Crippen molar-refractivity contribution < 1.29 is 0 Å². The molecule has 1 N–H and O–H groups in total. The van der Waals surface area contributed by atoms with Crippen molar-refractivity contribution in [2.75, 3.05) is 23.9 Å². The number of rotatable bonds is 6. The molecule has 0 aliphatic rings. The zero-order valence-corrected chi connectivity index (χ0v) is 9.67. The fourth-order valence-electron chi connectivity index (χ4n) is 0.881. The Bertz CT molecular complexity index is 237. The van der Waals surface area contributed by atoms with Gasteiger partial charge < -0.3 is 5.32 Å². The summed E-state index contributed by atoms with van der Waals surface area (Å²) < 4.78 is 4.20. The molecule has 0 aromatic carbocycles. The van der Waals surface area contributed by atoms with Gasteiger partial charge in [-0.25, -0.2) is 4.98 Å². The van der Waals surface area contributed by atoms with Crippen molar-refractivity contribution in [2.24, 2.45) is 0 Å². The topological polar surface area (TPSA) is 37.8 Å². The van der Waals surface area contributed by atoms with Gasteiger partial charge in [0.15, 0.2) is 0 Å². The first-order valence-electron chi connectivity index (χ1n) is 4.42. The maximum atomic E-state index is 4.32. The fraction of sp³-hybridized carbons (Fsp3) is 0.750. The number of nitrogens with zero attached hydrogens (tertiary/aromatic N) is 2. The van der Waals surface area contributed by atoms with Gasteiger partial charge in [0, 0.05) is 24.5 Å². The van der Waals surface area contributed by atoms with Gasteiger partial charge in [-0.3, -0.25) is 0 Å². The summed E-state index contributed by atoms with van der Waals surface area (Å²) in [5, 5.41) is 4.22. The van der Waals surface area contributed by atoms with Crippen LogP contribution in [0.1, 0.15) is 19.2 Å². The Kier molecular flexibility index (Phi) is 5.15. The second-order valence-electron chi connectivity index (χ2n) is 2.64. The van der Waals surface area contributed by atoms with E-state index in [1.165, 1.54) is 23.7 Å². The van der Waals surface area contributed by atoms with Crippen LogP contribution < -0.4 is 5.32 Å². The first-order chi connectivity index (χ1) is 6.36. The molecule has 0 aliphatic heterocycles. The molecule has 1 aromatic heterocycles. The number of aryl methyl sites for hydroxylation is 1. The van der Waals surface area contributed by atoms with Gasteiger partial charge in [0.25, 0.3) is 0 Å². The van der Waals surface area contributed by atoms with E-state index in [9.17, 15) is 0 Å². The Hall–Kier alpha value is -0.290. The van der Waals surface area contributed by atoms with E-state index >= 15 is 0 Å². The molecule has 0 spiro atoms. The van der Waals surface area contributed by atoms with Gasteiger partial charge in [-0.05, 0) is 18.4 Å². The van der Waals surface area contributed by atoms with Gasteiger partial charge in [0.05, 0.1) is 0 Å². The van der Waals surface area contributed by atoms with E-state index < -0.39 is 0 Å². The first-order valence-corrected chi connectivity index (χ1v) is 6.59. The first kappa shape index (κ1) is 10.8. The van der Waals surface area contributed by atoms with Gasteiger partial charge in [-0.1, -0.05) is 6.92 Å². The largest absolute Gasteiger partial charge is 0.360 e. The Morgan fingerprint density at radius 3 is 3.00 bits per heavy atom. The maximum absolute atomic E-state index is 4.32. The minimum atomic E-state index is 0.920. The Balaban J connectivity index is 2.20. The van der Waals surface area contributed by atoms with Crippen LogP contribution in [-0.2, 0) is 6.42 Å². The SMILES string of the molecule is CCc1nsc(NCCCSC)n1. The van der Waals surface area contributed by atoms with E-state index in [1.54, 1.807) is 0 Å². The van der Waals surface area contributed by atoms with E-state index in [0.717, 1.165) is 23.9 Å². The predicted molar refractivity (Wildman–Crippen MR) is 60.8 cm³/mol. The number of nitrogens with one attached hydrogen (secondary N) is 1. The van der Waals surface area contributed by atoms with Gasteiger partial charge in [0.1, 0.15) is 5.82 Å². The lowest BCUT2D eigenvalue weighted by atomic mass is 10.5. The second-order valence-corrected chi connectivity index (χ2v) is 4.38. The molecule has 0 radical (unpaired) electrons. The van der Waals surface area contributed by atoms with Crippen molar-refractivity contribution >= 4 is 28.4 Å². The molecule has 0 amide bonds. The second kappa shape index (κ2) is 6.21. The zero-order valence-electron chi connectivity index (χ0n) is 8.04. The lowest BCUT2D eigenvalue weighted by molar-refractivity contribution is 0.967. The van der Waals surface area contributed by atoms with Crippen LogP contribution >= 0.6 is 23.3 Å². The summed E-state index contributed by atoms with van der Waals surface area (Å²) in [5.41, 5.74) is 0. The summed E-state index contributed by atoms with van der Waals surface area (Å²) in [6.07, 6.45) is 4.23. The predicted octanol–water partition coefficient (Wildman–Crippen LogP) is 2.27. The molecule has 5 heteroatoms. The number of aromatic nitrogens is 2. The molecule has 0 bridgehead atoms. The third kappa shape index (κ3) is 3.95. The van der Waals surface area contributed by atoms with Crippen LogP contribution in [0.15, 0.2) is 0 Å². The van der Waals surface area contributed by atoms with Crippen LogP contribution in [0, 0.1) is 0 Å². The molecular weight excluding hydrogens is 202 g/mol. The van der Waals surface area contributed by atoms with Crippen LogP contribution in [0.3, 0.4) is 0 Å². The van der Waals surface area contributed by atoms with E-state index in [2.05, 4.69) is 27.9 Å². The summed E-state index contributed by atoms with van der Waals surface area (Å²) in [6, 6.07) is 0. The highest BCUT2D eigenvalue weighted by atomic mass is 32.2. The molecule has 0 saturated heterocycles. The third-order valence-electron chi connectivity index (χ3n) is 1.59. The highest BCUT2D eigenvalue weighted by Gasteiger charge is 1.99. The highest BCUT2D eigenvalue weighted by molar-refractivity contribution is 7.98. The monoisotopic (exact) mass is 217 g/mol. The van der Waals surface area contributed by atoms with Crippen LogP contribution in [0.25, 0.3) is 0 Å². The molecule has 1 rings (SSSR count). The molecule has 13 heavy (non-hydrogen) atoms. The van der Waals surface area contributed by atoms with E-state index in [4.69, 9.17) is 0 Å². The van der Waals surface area contributed by atoms with Crippen molar-refractivity contribution in [2.45, 2.75) is 19.8 Å². The number of anilines is 1. The van der Waals surface area contributed by atoms with E-state index in [1.807, 2.05) is 11.8 Å². The average molecular weight is 217 g/mol. The molecule has 74 valence electrons. The lowest BCUT2D eigenvalue weighted by Gasteiger charge is -1.99. The molecule has 1 heterocycles. The van der Waals surface area contributed by atoms with Crippen molar-refractivity contribution in [3.8, 4) is 0 Å². The third-order valence-corrected chi connectivity index (χ3v) is 2.99. The lowest BCUT2D eigenvalue weighted by Crippen LogP contribution is -2.02. The minimum absolute atomic E-state index is 0.920. The molecule has 0 atom stereocenters. The summed E-state index contributed by atoms with van der Waals surface area (Å²) in [5.74, 6) is 2.14. The molecule has 0 unspecified atom stereocenters. The van der Waals surface area contributed by atoms with E-state index in [-0.39, 0.29) is 0 Å². The van der Waals surface area contributed by atoms with E-state index in [0.29, 0.717) is 0 Å². The average Bonchev–Trinajstić information content (AvgIpc) is 2.60. The molecular formula is C8H15N3S2. The molecule has 0 saturated carbocycles. The minimum Gasteiger partial charge on any atom is -0.360 e. The summed E-state index contributed by atoms with van der Waals surface area (Å²) in [4.78, 5) is 4.32. The van der Waals surface area contributed by atoms with Crippen LogP contribution in [0.5, 0.6) is 0 Å². The van der Waals surface area contributed by atoms with Crippen LogP contribution in [-0.4, -0.2) is 27.9 Å². The smallest absolute Gasteiger partial charge is 0.202 e. The number of thioether (sulfide) groups is 1. The molecule has 0 fully saturated rings. The summed E-state index contributed by atoms with van der Waals surface area (Å²) in [6.45, 7) is 3.07.